The highest BCUT2D eigenvalue weighted by atomic mass is 32.2. The van der Waals surface area contributed by atoms with Gasteiger partial charge in [-0.1, -0.05) is 55.8 Å². The monoisotopic (exact) mass is 522 g/mol. The van der Waals surface area contributed by atoms with E-state index < -0.39 is 10.0 Å². The van der Waals surface area contributed by atoms with Crippen molar-refractivity contribution in [2.75, 3.05) is 45.6 Å². The van der Waals surface area contributed by atoms with Crippen LogP contribution in [0.3, 0.4) is 0 Å². The van der Waals surface area contributed by atoms with Gasteiger partial charge in [-0.05, 0) is 63.7 Å². The molecule has 37 heavy (non-hydrogen) atoms. The van der Waals surface area contributed by atoms with Crippen molar-refractivity contribution in [2.45, 2.75) is 37.6 Å². The molecule has 1 heterocycles. The normalized spacial score (nSPS) is 18.8. The summed E-state index contributed by atoms with van der Waals surface area (Å²) in [5.74, 6) is 0.0356. The molecule has 3 aromatic rings. The van der Waals surface area contributed by atoms with Crippen LogP contribution in [0.15, 0.2) is 65.6 Å². The summed E-state index contributed by atoms with van der Waals surface area (Å²) >= 11 is 0. The Morgan fingerprint density at radius 3 is 2.43 bits per heavy atom. The Morgan fingerprint density at radius 2 is 1.73 bits per heavy atom. The minimum absolute atomic E-state index is 0.107. The van der Waals surface area contributed by atoms with Crippen LogP contribution in [0.1, 0.15) is 35.7 Å². The largest absolute Gasteiger partial charge is 0.321 e. The van der Waals surface area contributed by atoms with E-state index in [1.807, 2.05) is 43.3 Å². The molecule has 2 N–H and O–H groups in total. The van der Waals surface area contributed by atoms with Crippen molar-refractivity contribution in [3.63, 3.8) is 0 Å². The number of carbonyl (C=O) groups is 1. The minimum Gasteiger partial charge on any atom is -0.321 e. The summed E-state index contributed by atoms with van der Waals surface area (Å²) in [7, 11) is 0.376. The average Bonchev–Trinajstić information content (AvgIpc) is 2.88. The van der Waals surface area contributed by atoms with Crippen LogP contribution >= 0.6 is 0 Å². The molecule has 0 radical (unpaired) electrons. The first-order valence-corrected chi connectivity index (χ1v) is 14.5. The summed E-state index contributed by atoms with van der Waals surface area (Å²) in [6, 6.07) is 17.9. The van der Waals surface area contributed by atoms with Crippen LogP contribution < -0.4 is 10.0 Å². The van der Waals surface area contributed by atoms with Crippen molar-refractivity contribution in [1.29, 1.82) is 0 Å². The van der Waals surface area contributed by atoms with E-state index in [0.29, 0.717) is 22.0 Å². The predicted octanol–water partition coefficient (Wildman–Crippen LogP) is 4.34. The quantitative estimate of drug-likeness (QED) is 0.437. The highest BCUT2D eigenvalue weighted by Gasteiger charge is 2.32. The summed E-state index contributed by atoms with van der Waals surface area (Å²) in [6.07, 6.45) is 1.70. The number of nitrogens with zero attached hydrogens (tertiary/aromatic N) is 2. The van der Waals surface area contributed by atoms with E-state index in [1.165, 1.54) is 0 Å². The lowest BCUT2D eigenvalue weighted by Crippen LogP contribution is -2.51. The lowest BCUT2D eigenvalue weighted by molar-refractivity contribution is 0.102. The van der Waals surface area contributed by atoms with E-state index in [1.54, 1.807) is 24.3 Å². The van der Waals surface area contributed by atoms with E-state index in [0.717, 1.165) is 44.6 Å². The third-order valence-corrected chi connectivity index (χ3v) is 8.87. The third-order valence-electron chi connectivity index (χ3n) is 7.32. The zero-order valence-electron chi connectivity index (χ0n) is 22.2. The van der Waals surface area contributed by atoms with Crippen LogP contribution in [0.4, 0.5) is 5.69 Å². The lowest BCUT2D eigenvalue weighted by Gasteiger charge is -2.38. The Kier molecular flexibility index (Phi) is 8.64. The number of sulfonamides is 1. The molecule has 0 bridgehead atoms. The van der Waals surface area contributed by atoms with Crippen molar-refractivity contribution >= 4 is 32.4 Å². The lowest BCUT2D eigenvalue weighted by atomic mass is 9.91. The van der Waals surface area contributed by atoms with Gasteiger partial charge in [0.25, 0.3) is 5.91 Å². The number of hydrogen-bond donors (Lipinski definition) is 2. The van der Waals surface area contributed by atoms with Crippen molar-refractivity contribution in [3.8, 4) is 0 Å². The molecule has 7 nitrogen and oxygen atoms in total. The van der Waals surface area contributed by atoms with Crippen LogP contribution in [0.5, 0.6) is 0 Å². The van der Waals surface area contributed by atoms with Gasteiger partial charge in [-0.2, -0.15) is 0 Å². The minimum atomic E-state index is -3.77. The van der Waals surface area contributed by atoms with Gasteiger partial charge >= 0.3 is 0 Å². The highest BCUT2D eigenvalue weighted by Crippen LogP contribution is 2.31. The molecule has 3 aromatic carbocycles. The number of hydrogen-bond acceptors (Lipinski definition) is 5. The molecular weight excluding hydrogens is 484 g/mol. The first kappa shape index (κ1) is 27.3. The zero-order chi connectivity index (χ0) is 26.6. The number of piperidine rings is 1. The fraction of sp³-hybridized carbons (Fsp3) is 0.414. The molecule has 0 unspecified atom stereocenters. The molecule has 1 aliphatic rings. The number of likely N-dealkylation sites (N-methyl/N-ethyl adjacent to an activating group) is 1. The number of nitrogens with one attached hydrogen (secondary N) is 2. The Bertz CT molecular complexity index is 1360. The van der Waals surface area contributed by atoms with E-state index in [-0.39, 0.29) is 22.8 Å². The van der Waals surface area contributed by atoms with Crippen molar-refractivity contribution in [2.24, 2.45) is 5.92 Å². The first-order valence-electron chi connectivity index (χ1n) is 13.0. The molecule has 1 aliphatic heterocycles. The van der Waals surface area contributed by atoms with Gasteiger partial charge in [0.2, 0.25) is 10.0 Å². The van der Waals surface area contributed by atoms with Crippen LogP contribution in [-0.4, -0.2) is 70.4 Å². The Hall–Kier alpha value is -2.78. The molecule has 4 rings (SSSR count). The Morgan fingerprint density at radius 1 is 1.03 bits per heavy atom. The third kappa shape index (κ3) is 6.38. The van der Waals surface area contributed by atoms with Gasteiger partial charge in [-0.3, -0.25) is 4.79 Å². The Balaban J connectivity index is 1.56. The van der Waals surface area contributed by atoms with Crippen LogP contribution in [0.2, 0.25) is 0 Å². The number of anilines is 1. The molecule has 0 saturated carbocycles. The fourth-order valence-electron chi connectivity index (χ4n) is 5.12. The van der Waals surface area contributed by atoms with Gasteiger partial charge < -0.3 is 15.1 Å². The van der Waals surface area contributed by atoms with E-state index >= 15 is 0 Å². The Labute approximate surface area is 220 Å². The van der Waals surface area contributed by atoms with Crippen molar-refractivity contribution in [3.05, 3.63) is 71.8 Å². The summed E-state index contributed by atoms with van der Waals surface area (Å²) in [4.78, 5) is 17.8. The molecule has 0 aliphatic carbocycles. The maximum Gasteiger partial charge on any atom is 0.255 e. The molecule has 1 amide bonds. The standard InChI is InChI=1S/C29H38N4O3S/c1-5-22-20-33(19-18-32(3)4)17-16-26(22)31-37(35,36)28-15-14-27(24-12-8-9-13-25(24)28)30-29(34)23-11-7-6-10-21(23)2/h6-15,22,26,31H,5,16-20H2,1-4H3,(H,30,34)/t22-,26-/m0/s1. The van der Waals surface area contributed by atoms with Gasteiger partial charge in [-0.15, -0.1) is 0 Å². The predicted molar refractivity (Wildman–Crippen MR) is 151 cm³/mol. The molecule has 0 spiro atoms. The summed E-state index contributed by atoms with van der Waals surface area (Å²) in [5, 5.41) is 4.26. The SMILES string of the molecule is CC[C@H]1CN(CCN(C)C)CC[C@@H]1NS(=O)(=O)c1ccc(NC(=O)c2ccccc2C)c2ccccc12. The van der Waals surface area contributed by atoms with Crippen molar-refractivity contribution in [1.82, 2.24) is 14.5 Å². The number of rotatable bonds is 9. The van der Waals surface area contributed by atoms with Crippen molar-refractivity contribution < 1.29 is 13.2 Å². The number of amides is 1. The zero-order valence-corrected chi connectivity index (χ0v) is 23.0. The smallest absolute Gasteiger partial charge is 0.255 e. The number of fused-ring (bicyclic) bond motifs is 1. The van der Waals surface area contributed by atoms with Crippen LogP contribution in [-0.2, 0) is 10.0 Å². The number of likely N-dealkylation sites (tertiary alicyclic amines) is 1. The van der Waals surface area contributed by atoms with Gasteiger partial charge in [0.05, 0.1) is 4.90 Å². The summed E-state index contributed by atoms with van der Waals surface area (Å²) in [5.41, 5.74) is 2.06. The molecular formula is C29H38N4O3S. The van der Waals surface area contributed by atoms with E-state index in [2.05, 4.69) is 40.9 Å². The van der Waals surface area contributed by atoms with Gasteiger partial charge in [0.15, 0.2) is 0 Å². The number of benzene rings is 3. The van der Waals surface area contributed by atoms with E-state index in [4.69, 9.17) is 0 Å². The highest BCUT2D eigenvalue weighted by molar-refractivity contribution is 7.89. The number of aryl methyl sites for hydroxylation is 1. The number of carbonyl (C=O) groups excluding carboxylic acids is 1. The average molecular weight is 523 g/mol. The maximum absolute atomic E-state index is 13.7. The molecule has 1 saturated heterocycles. The molecule has 8 heteroatoms. The second-order valence-corrected chi connectivity index (χ2v) is 11.9. The van der Waals surface area contributed by atoms with Gasteiger partial charge in [-0.25, -0.2) is 13.1 Å². The molecule has 0 aromatic heterocycles. The summed E-state index contributed by atoms with van der Waals surface area (Å²) < 4.78 is 30.3. The second-order valence-electron chi connectivity index (χ2n) is 10.2. The van der Waals surface area contributed by atoms with Gasteiger partial charge in [0, 0.05) is 47.7 Å². The van der Waals surface area contributed by atoms with Crippen LogP contribution in [0.25, 0.3) is 10.8 Å². The topological polar surface area (TPSA) is 81.8 Å². The second kappa shape index (κ2) is 11.7. The van der Waals surface area contributed by atoms with Gasteiger partial charge in [0.1, 0.15) is 0 Å². The van der Waals surface area contributed by atoms with E-state index in [9.17, 15) is 13.2 Å². The maximum atomic E-state index is 13.7. The fourth-order valence-corrected chi connectivity index (χ4v) is 6.67. The molecule has 198 valence electrons. The molecule has 2 atom stereocenters. The molecule has 1 fully saturated rings. The van der Waals surface area contributed by atoms with Crippen LogP contribution in [0, 0.1) is 12.8 Å². The first-order chi connectivity index (χ1) is 17.7. The summed E-state index contributed by atoms with van der Waals surface area (Å²) in [6.45, 7) is 7.77.